The molecule has 1 fully saturated rings. The number of hydrogen-bond acceptors (Lipinski definition) is 2. The highest BCUT2D eigenvalue weighted by Gasteiger charge is 2.33. The van der Waals surface area contributed by atoms with E-state index in [1.54, 1.807) is 0 Å². The van der Waals surface area contributed by atoms with Gasteiger partial charge in [0.2, 0.25) is 0 Å². The summed E-state index contributed by atoms with van der Waals surface area (Å²) in [5.74, 6) is 0.790. The van der Waals surface area contributed by atoms with Crippen molar-refractivity contribution in [2.75, 3.05) is 6.61 Å². The number of fused-ring (bicyclic) bond motifs is 1. The first-order valence-corrected chi connectivity index (χ1v) is 8.72. The van der Waals surface area contributed by atoms with Crippen LogP contribution in [0.2, 0.25) is 0 Å². The van der Waals surface area contributed by atoms with Crippen molar-refractivity contribution in [2.24, 2.45) is 7.05 Å². The van der Waals surface area contributed by atoms with Crippen LogP contribution in [0.4, 0.5) is 0 Å². The molecule has 1 aromatic heterocycles. The normalized spacial score (nSPS) is 13.8. The molecule has 0 unspecified atom stereocenters. The molecule has 0 bridgehead atoms. The number of nitrogens with zero attached hydrogens (tertiary/aromatic N) is 2. The van der Waals surface area contributed by atoms with E-state index in [2.05, 4.69) is 22.8 Å². The topological polar surface area (TPSA) is 34.5 Å². The maximum atomic E-state index is 12.7. The van der Waals surface area contributed by atoms with E-state index in [1.165, 1.54) is 5.39 Å². The van der Waals surface area contributed by atoms with E-state index >= 15 is 0 Å². The molecule has 4 rings (SSSR count). The molecular formula is C21H22N2O2. The Bertz CT molecular complexity index is 896. The van der Waals surface area contributed by atoms with Crippen LogP contribution in [0.3, 0.4) is 0 Å². The van der Waals surface area contributed by atoms with Gasteiger partial charge in [-0.2, -0.15) is 0 Å². The van der Waals surface area contributed by atoms with Crippen LogP contribution >= 0.6 is 0 Å². The highest BCUT2D eigenvalue weighted by atomic mass is 16.5. The number of ether oxygens (including phenoxy) is 1. The van der Waals surface area contributed by atoms with Crippen LogP contribution in [-0.2, 0) is 18.4 Å². The largest absolute Gasteiger partial charge is 0.484 e. The summed E-state index contributed by atoms with van der Waals surface area (Å²) in [7, 11) is 2.01. The van der Waals surface area contributed by atoms with E-state index in [4.69, 9.17) is 4.74 Å². The summed E-state index contributed by atoms with van der Waals surface area (Å²) in [5.41, 5.74) is 1.14. The van der Waals surface area contributed by atoms with Gasteiger partial charge in [-0.25, -0.2) is 0 Å². The molecular weight excluding hydrogens is 312 g/mol. The summed E-state index contributed by atoms with van der Waals surface area (Å²) in [6, 6.07) is 18.5. The molecule has 0 spiro atoms. The second-order valence-corrected chi connectivity index (χ2v) is 6.66. The minimum atomic E-state index is 0.0526. The smallest absolute Gasteiger partial charge is 0.261 e. The number of amides is 1. The second-order valence-electron chi connectivity index (χ2n) is 6.66. The third-order valence-electron chi connectivity index (χ3n) is 4.77. The number of carbonyl (C=O) groups is 1. The fraction of sp³-hybridized carbons (Fsp3) is 0.286. The minimum absolute atomic E-state index is 0.0526. The second kappa shape index (κ2) is 6.63. The van der Waals surface area contributed by atoms with E-state index < -0.39 is 0 Å². The van der Waals surface area contributed by atoms with E-state index in [-0.39, 0.29) is 12.5 Å². The van der Waals surface area contributed by atoms with E-state index in [0.29, 0.717) is 12.6 Å². The Morgan fingerprint density at radius 3 is 2.64 bits per heavy atom. The molecule has 0 aliphatic heterocycles. The van der Waals surface area contributed by atoms with Gasteiger partial charge in [0.25, 0.3) is 5.91 Å². The minimum Gasteiger partial charge on any atom is -0.484 e. The van der Waals surface area contributed by atoms with E-state index in [1.807, 2.05) is 54.5 Å². The van der Waals surface area contributed by atoms with Gasteiger partial charge < -0.3 is 14.2 Å². The summed E-state index contributed by atoms with van der Waals surface area (Å²) >= 11 is 0. The van der Waals surface area contributed by atoms with Crippen molar-refractivity contribution in [2.45, 2.75) is 25.4 Å². The van der Waals surface area contributed by atoms with Crippen molar-refractivity contribution in [3.63, 3.8) is 0 Å². The monoisotopic (exact) mass is 334 g/mol. The van der Waals surface area contributed by atoms with Crippen LogP contribution in [0.5, 0.6) is 5.75 Å². The predicted molar refractivity (Wildman–Crippen MR) is 98.4 cm³/mol. The molecule has 4 heteroatoms. The average molecular weight is 334 g/mol. The van der Waals surface area contributed by atoms with Gasteiger partial charge in [0, 0.05) is 25.0 Å². The number of rotatable bonds is 6. The molecule has 4 nitrogen and oxygen atoms in total. The zero-order chi connectivity index (χ0) is 17.2. The highest BCUT2D eigenvalue weighted by molar-refractivity contribution is 5.84. The predicted octanol–water partition coefficient (Wildman–Crippen LogP) is 3.75. The molecule has 1 heterocycles. The lowest BCUT2D eigenvalue weighted by Gasteiger charge is -2.23. The lowest BCUT2D eigenvalue weighted by atomic mass is 10.1. The van der Waals surface area contributed by atoms with Crippen molar-refractivity contribution < 1.29 is 9.53 Å². The molecule has 0 saturated heterocycles. The summed E-state index contributed by atoms with van der Waals surface area (Å²) in [6.07, 6.45) is 4.19. The van der Waals surface area contributed by atoms with E-state index in [0.717, 1.165) is 29.7 Å². The number of carbonyl (C=O) groups excluding carboxylic acids is 1. The van der Waals surface area contributed by atoms with Crippen LogP contribution in [0.1, 0.15) is 18.5 Å². The zero-order valence-corrected chi connectivity index (χ0v) is 14.4. The van der Waals surface area contributed by atoms with Crippen LogP contribution in [0.25, 0.3) is 10.8 Å². The van der Waals surface area contributed by atoms with Crippen molar-refractivity contribution in [3.05, 3.63) is 66.5 Å². The third kappa shape index (κ3) is 3.53. The quantitative estimate of drug-likeness (QED) is 0.688. The fourth-order valence-corrected chi connectivity index (χ4v) is 3.13. The summed E-state index contributed by atoms with van der Waals surface area (Å²) in [4.78, 5) is 14.6. The molecule has 1 amide bonds. The Kier molecular flexibility index (Phi) is 4.18. The first kappa shape index (κ1) is 15.8. The Morgan fingerprint density at radius 1 is 1.12 bits per heavy atom. The van der Waals surface area contributed by atoms with E-state index in [9.17, 15) is 4.79 Å². The average Bonchev–Trinajstić information content (AvgIpc) is 3.40. The fourth-order valence-electron chi connectivity index (χ4n) is 3.13. The summed E-state index contributed by atoms with van der Waals surface area (Å²) < 4.78 is 7.85. The van der Waals surface area contributed by atoms with Gasteiger partial charge >= 0.3 is 0 Å². The number of aryl methyl sites for hydroxylation is 1. The molecule has 128 valence electrons. The van der Waals surface area contributed by atoms with Crippen LogP contribution < -0.4 is 4.74 Å². The molecule has 0 radical (unpaired) electrons. The molecule has 3 aromatic rings. The van der Waals surface area contributed by atoms with Gasteiger partial charge in [0.15, 0.2) is 6.61 Å². The molecule has 25 heavy (non-hydrogen) atoms. The van der Waals surface area contributed by atoms with Gasteiger partial charge in [-0.1, -0.05) is 30.3 Å². The number of aromatic nitrogens is 1. The SMILES string of the molecule is Cn1cccc1CN(C(=O)COc1ccc2ccccc2c1)C1CC1. The lowest BCUT2D eigenvalue weighted by Crippen LogP contribution is -2.36. The summed E-state index contributed by atoms with van der Waals surface area (Å²) in [6.45, 7) is 0.730. The summed E-state index contributed by atoms with van der Waals surface area (Å²) in [5, 5.41) is 2.29. The van der Waals surface area contributed by atoms with Gasteiger partial charge in [-0.05, 0) is 47.9 Å². The first-order valence-electron chi connectivity index (χ1n) is 8.72. The first-order chi connectivity index (χ1) is 12.2. The Labute approximate surface area is 147 Å². The van der Waals surface area contributed by atoms with Gasteiger partial charge in [-0.15, -0.1) is 0 Å². The Hall–Kier alpha value is -2.75. The molecule has 1 aliphatic carbocycles. The number of benzene rings is 2. The maximum Gasteiger partial charge on any atom is 0.261 e. The standard InChI is InChI=1S/C21H22N2O2/c1-22-12-4-7-19(22)14-23(18-9-10-18)21(24)15-25-20-11-8-16-5-2-3-6-17(16)13-20/h2-8,11-13,18H,9-10,14-15H2,1H3. The van der Waals surface area contributed by atoms with Crippen molar-refractivity contribution in [1.82, 2.24) is 9.47 Å². The maximum absolute atomic E-state index is 12.7. The highest BCUT2D eigenvalue weighted by Crippen LogP contribution is 2.29. The van der Waals surface area contributed by atoms with Gasteiger partial charge in [0.05, 0.1) is 6.54 Å². The Balaban J connectivity index is 1.43. The van der Waals surface area contributed by atoms with Crippen LogP contribution in [0.15, 0.2) is 60.8 Å². The number of hydrogen-bond donors (Lipinski definition) is 0. The zero-order valence-electron chi connectivity index (χ0n) is 14.4. The van der Waals surface area contributed by atoms with Crippen molar-refractivity contribution in [3.8, 4) is 5.75 Å². The third-order valence-corrected chi connectivity index (χ3v) is 4.77. The van der Waals surface area contributed by atoms with Crippen LogP contribution in [0, 0.1) is 0 Å². The van der Waals surface area contributed by atoms with Crippen molar-refractivity contribution >= 4 is 16.7 Å². The molecule has 1 saturated carbocycles. The van der Waals surface area contributed by atoms with Gasteiger partial charge in [-0.3, -0.25) is 4.79 Å². The van der Waals surface area contributed by atoms with Gasteiger partial charge in [0.1, 0.15) is 5.75 Å². The molecule has 2 aromatic carbocycles. The van der Waals surface area contributed by atoms with Crippen molar-refractivity contribution in [1.29, 1.82) is 0 Å². The lowest BCUT2D eigenvalue weighted by molar-refractivity contribution is -0.134. The molecule has 0 N–H and O–H groups in total. The molecule has 1 aliphatic rings. The Morgan fingerprint density at radius 2 is 1.92 bits per heavy atom. The van der Waals surface area contributed by atoms with Crippen LogP contribution in [-0.4, -0.2) is 28.0 Å². The molecule has 0 atom stereocenters.